The molecule has 0 spiro atoms. The summed E-state index contributed by atoms with van der Waals surface area (Å²) in [7, 11) is 0. The number of benzene rings is 1. The maximum absolute atomic E-state index is 8.54. The van der Waals surface area contributed by atoms with E-state index >= 15 is 0 Å². The fourth-order valence-electron chi connectivity index (χ4n) is 2.01. The maximum atomic E-state index is 8.54. The Labute approximate surface area is 128 Å². The zero-order valence-corrected chi connectivity index (χ0v) is 13.2. The van der Waals surface area contributed by atoms with Crippen molar-refractivity contribution in [1.82, 2.24) is 5.32 Å². The molecule has 1 rings (SSSR count). The van der Waals surface area contributed by atoms with Crippen molar-refractivity contribution >= 4 is 0 Å². The van der Waals surface area contributed by atoms with Crippen LogP contribution in [0.1, 0.15) is 45.1 Å². The summed E-state index contributed by atoms with van der Waals surface area (Å²) in [6.45, 7) is 7.13. The zero-order valence-electron chi connectivity index (χ0n) is 13.2. The summed E-state index contributed by atoms with van der Waals surface area (Å²) in [5, 5.41) is 11.9. The van der Waals surface area contributed by atoms with Crippen molar-refractivity contribution in [3.63, 3.8) is 0 Å². The first-order chi connectivity index (χ1) is 10.3. The number of unbranched alkanes of at least 4 members (excludes halogenated alkanes) is 2. The number of hydrogen-bond donors (Lipinski definition) is 1. The predicted molar refractivity (Wildman–Crippen MR) is 84.6 cm³/mol. The number of para-hydroxylation sites is 1. The third-order valence-electron chi connectivity index (χ3n) is 3.03. The van der Waals surface area contributed by atoms with Crippen LogP contribution < -0.4 is 14.8 Å². The molecule has 0 amide bonds. The van der Waals surface area contributed by atoms with Crippen LogP contribution in [0.15, 0.2) is 18.2 Å². The van der Waals surface area contributed by atoms with Crippen molar-refractivity contribution < 1.29 is 9.47 Å². The average molecular weight is 290 g/mol. The lowest BCUT2D eigenvalue weighted by atomic mass is 10.1. The fourth-order valence-corrected chi connectivity index (χ4v) is 2.01. The zero-order chi connectivity index (χ0) is 15.3. The minimum absolute atomic E-state index is 0.585. The molecule has 1 N–H and O–H groups in total. The Hall–Kier alpha value is -1.73. The molecule has 0 unspecified atom stereocenters. The fraction of sp³-hybridized carbons (Fsp3) is 0.588. The molecule has 116 valence electrons. The molecule has 0 aliphatic rings. The summed E-state index contributed by atoms with van der Waals surface area (Å²) in [6, 6.07) is 8.16. The number of nitrogens with zero attached hydrogens (tertiary/aromatic N) is 1. The SMILES string of the molecule is CCCNCc1cccc(OCC)c1OCCCCC#N. The summed E-state index contributed by atoms with van der Waals surface area (Å²) >= 11 is 0. The monoisotopic (exact) mass is 290 g/mol. The Morgan fingerprint density at radius 2 is 2.05 bits per heavy atom. The molecule has 0 aromatic heterocycles. The summed E-state index contributed by atoms with van der Waals surface area (Å²) in [5.41, 5.74) is 1.12. The first kappa shape index (κ1) is 17.3. The van der Waals surface area contributed by atoms with Crippen LogP contribution in [0.3, 0.4) is 0 Å². The molecule has 0 radical (unpaired) electrons. The van der Waals surface area contributed by atoms with Gasteiger partial charge in [0.1, 0.15) is 0 Å². The van der Waals surface area contributed by atoms with Crippen molar-refractivity contribution in [3.8, 4) is 17.6 Å². The molecule has 4 heteroatoms. The largest absolute Gasteiger partial charge is 0.490 e. The first-order valence-corrected chi connectivity index (χ1v) is 7.78. The van der Waals surface area contributed by atoms with E-state index in [0.29, 0.717) is 19.6 Å². The van der Waals surface area contributed by atoms with Gasteiger partial charge in [0.05, 0.1) is 19.3 Å². The highest BCUT2D eigenvalue weighted by Crippen LogP contribution is 2.31. The predicted octanol–water partition coefficient (Wildman–Crippen LogP) is 3.66. The molecule has 4 nitrogen and oxygen atoms in total. The number of hydrogen-bond acceptors (Lipinski definition) is 4. The summed E-state index contributed by atoms with van der Waals surface area (Å²) in [5.74, 6) is 1.63. The van der Waals surface area contributed by atoms with Crippen LogP contribution in [0.25, 0.3) is 0 Å². The van der Waals surface area contributed by atoms with Crippen LogP contribution in [0, 0.1) is 11.3 Å². The normalized spacial score (nSPS) is 10.1. The first-order valence-electron chi connectivity index (χ1n) is 7.78. The molecule has 0 fully saturated rings. The van der Waals surface area contributed by atoms with Crippen LogP contribution in [0.4, 0.5) is 0 Å². The molecular formula is C17H26N2O2. The van der Waals surface area contributed by atoms with Crippen LogP contribution in [0.5, 0.6) is 11.5 Å². The van der Waals surface area contributed by atoms with Gasteiger partial charge in [-0.25, -0.2) is 0 Å². The average Bonchev–Trinajstić information content (AvgIpc) is 2.49. The van der Waals surface area contributed by atoms with E-state index < -0.39 is 0 Å². The Kier molecular flexibility index (Phi) is 9.06. The van der Waals surface area contributed by atoms with Crippen LogP contribution in [0.2, 0.25) is 0 Å². The summed E-state index contributed by atoms with van der Waals surface area (Å²) in [6.07, 6.45) is 3.45. The number of rotatable bonds is 11. The molecule has 0 saturated carbocycles. The van der Waals surface area contributed by atoms with Gasteiger partial charge < -0.3 is 14.8 Å². The van der Waals surface area contributed by atoms with Gasteiger partial charge in [-0.15, -0.1) is 0 Å². The van der Waals surface area contributed by atoms with E-state index in [9.17, 15) is 0 Å². The third kappa shape index (κ3) is 6.50. The molecule has 0 aliphatic carbocycles. The second-order valence-corrected chi connectivity index (χ2v) is 4.82. The minimum Gasteiger partial charge on any atom is -0.490 e. The minimum atomic E-state index is 0.585. The number of nitriles is 1. The van der Waals surface area contributed by atoms with E-state index in [1.807, 2.05) is 19.1 Å². The van der Waals surface area contributed by atoms with E-state index in [-0.39, 0.29) is 0 Å². The molecule has 0 heterocycles. The lowest BCUT2D eigenvalue weighted by molar-refractivity contribution is 0.269. The third-order valence-corrected chi connectivity index (χ3v) is 3.03. The smallest absolute Gasteiger partial charge is 0.165 e. The Morgan fingerprint density at radius 1 is 1.19 bits per heavy atom. The van der Waals surface area contributed by atoms with E-state index in [2.05, 4.69) is 24.4 Å². The van der Waals surface area contributed by atoms with Crippen molar-refractivity contribution in [1.29, 1.82) is 5.26 Å². The van der Waals surface area contributed by atoms with E-state index in [4.69, 9.17) is 14.7 Å². The second kappa shape index (κ2) is 11.0. The lowest BCUT2D eigenvalue weighted by Crippen LogP contribution is -2.15. The molecule has 1 aromatic rings. The van der Waals surface area contributed by atoms with Crippen molar-refractivity contribution in [3.05, 3.63) is 23.8 Å². The number of ether oxygens (including phenoxy) is 2. The molecule has 0 atom stereocenters. The van der Waals surface area contributed by atoms with E-state index in [1.54, 1.807) is 0 Å². The highest BCUT2D eigenvalue weighted by molar-refractivity contribution is 5.46. The Bertz CT molecular complexity index is 441. The van der Waals surface area contributed by atoms with Gasteiger partial charge in [-0.1, -0.05) is 19.1 Å². The molecule has 1 aromatic carbocycles. The highest BCUT2D eigenvalue weighted by atomic mass is 16.5. The van der Waals surface area contributed by atoms with Crippen molar-refractivity contribution in [2.24, 2.45) is 0 Å². The van der Waals surface area contributed by atoms with Gasteiger partial charge in [-0.2, -0.15) is 5.26 Å². The summed E-state index contributed by atoms with van der Waals surface area (Å²) < 4.78 is 11.6. The van der Waals surface area contributed by atoms with Gasteiger partial charge in [0.2, 0.25) is 0 Å². The molecule has 0 aliphatic heterocycles. The van der Waals surface area contributed by atoms with Gasteiger partial charge in [0.15, 0.2) is 11.5 Å². The molecule has 0 saturated heterocycles. The van der Waals surface area contributed by atoms with Gasteiger partial charge in [-0.05, 0) is 38.8 Å². The topological polar surface area (TPSA) is 54.3 Å². The Morgan fingerprint density at radius 3 is 2.76 bits per heavy atom. The van der Waals surface area contributed by atoms with Gasteiger partial charge in [-0.3, -0.25) is 0 Å². The molecule has 0 bridgehead atoms. The molecule has 21 heavy (non-hydrogen) atoms. The number of nitrogens with one attached hydrogen (secondary N) is 1. The Balaban J connectivity index is 2.67. The van der Waals surface area contributed by atoms with Crippen molar-refractivity contribution in [2.45, 2.75) is 46.1 Å². The quantitative estimate of drug-likeness (QED) is 0.632. The summed E-state index contributed by atoms with van der Waals surface area (Å²) in [4.78, 5) is 0. The lowest BCUT2D eigenvalue weighted by Gasteiger charge is -2.16. The van der Waals surface area contributed by atoms with Crippen LogP contribution in [-0.4, -0.2) is 19.8 Å². The highest BCUT2D eigenvalue weighted by Gasteiger charge is 2.10. The van der Waals surface area contributed by atoms with Crippen molar-refractivity contribution in [2.75, 3.05) is 19.8 Å². The maximum Gasteiger partial charge on any atom is 0.165 e. The van der Waals surface area contributed by atoms with Gasteiger partial charge in [0, 0.05) is 18.5 Å². The standard InChI is InChI=1S/C17H26N2O2/c1-3-12-19-14-15-9-8-10-16(20-4-2)17(15)21-13-7-5-6-11-18/h8-10,19H,3-7,12-14H2,1-2H3. The van der Waals surface area contributed by atoms with Crippen LogP contribution >= 0.6 is 0 Å². The molecular weight excluding hydrogens is 264 g/mol. The van der Waals surface area contributed by atoms with Gasteiger partial charge >= 0.3 is 0 Å². The van der Waals surface area contributed by atoms with E-state index in [1.165, 1.54) is 0 Å². The second-order valence-electron chi connectivity index (χ2n) is 4.82. The van der Waals surface area contributed by atoms with E-state index in [0.717, 1.165) is 49.4 Å². The van der Waals surface area contributed by atoms with Gasteiger partial charge in [0.25, 0.3) is 0 Å². The van der Waals surface area contributed by atoms with Crippen LogP contribution in [-0.2, 0) is 6.54 Å².